The maximum atomic E-state index is 12.1. The lowest BCUT2D eigenvalue weighted by Gasteiger charge is -2.12. The third kappa shape index (κ3) is 3.95. The molecule has 0 aliphatic carbocycles. The Morgan fingerprint density at radius 3 is 2.12 bits per heavy atom. The topological polar surface area (TPSA) is 101 Å². The quantitative estimate of drug-likeness (QED) is 0.514. The number of nitrogens with zero attached hydrogens (tertiary/aromatic N) is 1. The number of aryl methyl sites for hydroxylation is 3. The highest BCUT2D eigenvalue weighted by atomic mass is 16.6. The van der Waals surface area contributed by atoms with Crippen molar-refractivity contribution in [3.8, 4) is 0 Å². The molecule has 0 atom stereocenters. The Bertz CT molecular complexity index is 807. The van der Waals surface area contributed by atoms with E-state index in [0.29, 0.717) is 5.69 Å². The zero-order valence-electron chi connectivity index (χ0n) is 13.5. The fourth-order valence-electron chi connectivity index (χ4n) is 2.43. The minimum Gasteiger partial charge on any atom is -0.318 e. The SMILES string of the molecule is Cc1cc(C)c(NC(=O)C(=O)Nc2cccc([N+](=O)[O-])c2)c(C)c1. The Labute approximate surface area is 138 Å². The fourth-order valence-corrected chi connectivity index (χ4v) is 2.43. The highest BCUT2D eigenvalue weighted by molar-refractivity contribution is 6.43. The first kappa shape index (κ1) is 17.1. The maximum absolute atomic E-state index is 12.1. The summed E-state index contributed by atoms with van der Waals surface area (Å²) in [7, 11) is 0. The molecule has 24 heavy (non-hydrogen) atoms. The molecule has 7 heteroatoms. The standard InChI is InChI=1S/C17H17N3O4/c1-10-7-11(2)15(12(3)8-10)19-17(22)16(21)18-13-5-4-6-14(9-13)20(23)24/h4-9H,1-3H3,(H,18,21)(H,19,22). The molecule has 0 heterocycles. The van der Waals surface area contributed by atoms with Gasteiger partial charge in [0.25, 0.3) is 5.69 Å². The molecule has 0 spiro atoms. The molecule has 0 aliphatic rings. The highest BCUT2D eigenvalue weighted by Gasteiger charge is 2.17. The van der Waals surface area contributed by atoms with Gasteiger partial charge in [-0.25, -0.2) is 0 Å². The Kier molecular flexibility index (Phi) is 4.93. The van der Waals surface area contributed by atoms with Gasteiger partial charge in [0, 0.05) is 23.5 Å². The van der Waals surface area contributed by atoms with E-state index in [1.54, 1.807) is 0 Å². The number of nitrogens with one attached hydrogen (secondary N) is 2. The number of non-ortho nitro benzene ring substituents is 1. The van der Waals surface area contributed by atoms with Gasteiger partial charge >= 0.3 is 11.8 Å². The van der Waals surface area contributed by atoms with E-state index in [1.165, 1.54) is 24.3 Å². The van der Waals surface area contributed by atoms with Crippen LogP contribution >= 0.6 is 0 Å². The van der Waals surface area contributed by atoms with Crippen LogP contribution in [-0.4, -0.2) is 16.7 Å². The number of hydrogen-bond donors (Lipinski definition) is 2. The average Bonchev–Trinajstić information content (AvgIpc) is 2.50. The van der Waals surface area contributed by atoms with Gasteiger partial charge in [0.15, 0.2) is 0 Å². The van der Waals surface area contributed by atoms with Crippen molar-refractivity contribution in [3.63, 3.8) is 0 Å². The smallest absolute Gasteiger partial charge is 0.314 e. The molecule has 2 aromatic carbocycles. The van der Waals surface area contributed by atoms with Crippen molar-refractivity contribution in [2.24, 2.45) is 0 Å². The van der Waals surface area contributed by atoms with E-state index in [0.717, 1.165) is 16.7 Å². The number of carbonyl (C=O) groups is 2. The number of carbonyl (C=O) groups excluding carboxylic acids is 2. The van der Waals surface area contributed by atoms with Crippen LogP contribution in [0.1, 0.15) is 16.7 Å². The number of rotatable bonds is 3. The van der Waals surface area contributed by atoms with Crippen molar-refractivity contribution < 1.29 is 14.5 Å². The Hall–Kier alpha value is -3.22. The van der Waals surface area contributed by atoms with E-state index in [1.807, 2.05) is 32.9 Å². The van der Waals surface area contributed by atoms with Crippen LogP contribution in [0.5, 0.6) is 0 Å². The van der Waals surface area contributed by atoms with Crippen LogP contribution in [0.15, 0.2) is 36.4 Å². The third-order valence-electron chi connectivity index (χ3n) is 3.44. The molecule has 2 amide bonds. The van der Waals surface area contributed by atoms with Crippen molar-refractivity contribution >= 4 is 28.9 Å². The van der Waals surface area contributed by atoms with Gasteiger partial charge in [0.05, 0.1) is 4.92 Å². The van der Waals surface area contributed by atoms with Crippen molar-refractivity contribution in [1.29, 1.82) is 0 Å². The first-order chi connectivity index (χ1) is 11.3. The summed E-state index contributed by atoms with van der Waals surface area (Å²) in [6.45, 7) is 5.63. The molecule has 0 unspecified atom stereocenters. The Balaban J connectivity index is 2.12. The summed E-state index contributed by atoms with van der Waals surface area (Å²) in [6, 6.07) is 9.20. The van der Waals surface area contributed by atoms with Gasteiger partial charge in [-0.2, -0.15) is 0 Å². The first-order valence-electron chi connectivity index (χ1n) is 7.22. The highest BCUT2D eigenvalue weighted by Crippen LogP contribution is 2.22. The van der Waals surface area contributed by atoms with Crippen LogP contribution in [0.25, 0.3) is 0 Å². The fraction of sp³-hybridized carbons (Fsp3) is 0.176. The molecular weight excluding hydrogens is 310 g/mol. The van der Waals surface area contributed by atoms with E-state index in [2.05, 4.69) is 10.6 Å². The van der Waals surface area contributed by atoms with Gasteiger partial charge in [-0.3, -0.25) is 19.7 Å². The van der Waals surface area contributed by atoms with Crippen LogP contribution in [0.3, 0.4) is 0 Å². The number of hydrogen-bond acceptors (Lipinski definition) is 4. The number of nitro groups is 1. The zero-order valence-corrected chi connectivity index (χ0v) is 13.5. The van der Waals surface area contributed by atoms with Gasteiger partial charge in [-0.1, -0.05) is 23.8 Å². The summed E-state index contributed by atoms with van der Waals surface area (Å²) >= 11 is 0. The molecule has 2 rings (SSSR count). The lowest BCUT2D eigenvalue weighted by atomic mass is 10.1. The summed E-state index contributed by atoms with van der Waals surface area (Å²) in [5, 5.41) is 15.7. The van der Waals surface area contributed by atoms with E-state index in [-0.39, 0.29) is 11.4 Å². The Morgan fingerprint density at radius 1 is 0.958 bits per heavy atom. The van der Waals surface area contributed by atoms with E-state index in [9.17, 15) is 19.7 Å². The summed E-state index contributed by atoms with van der Waals surface area (Å²) in [5.74, 6) is -1.73. The molecule has 0 aromatic heterocycles. The molecule has 7 nitrogen and oxygen atoms in total. The minimum atomic E-state index is -0.894. The molecule has 0 fully saturated rings. The average molecular weight is 327 g/mol. The second kappa shape index (κ2) is 6.91. The second-order valence-corrected chi connectivity index (χ2v) is 5.49. The molecule has 124 valence electrons. The summed E-state index contributed by atoms with van der Waals surface area (Å²) in [6.07, 6.45) is 0. The summed E-state index contributed by atoms with van der Waals surface area (Å²) < 4.78 is 0. The van der Waals surface area contributed by atoms with Crippen LogP contribution in [0, 0.1) is 30.9 Å². The monoisotopic (exact) mass is 327 g/mol. The summed E-state index contributed by atoms with van der Waals surface area (Å²) in [4.78, 5) is 34.2. The number of anilines is 2. The molecule has 0 radical (unpaired) electrons. The largest absolute Gasteiger partial charge is 0.318 e. The number of benzene rings is 2. The minimum absolute atomic E-state index is 0.168. The van der Waals surface area contributed by atoms with Gasteiger partial charge < -0.3 is 10.6 Å². The van der Waals surface area contributed by atoms with Crippen molar-refractivity contribution in [2.45, 2.75) is 20.8 Å². The number of nitro benzene ring substituents is 1. The van der Waals surface area contributed by atoms with E-state index in [4.69, 9.17) is 0 Å². The predicted molar refractivity (Wildman–Crippen MR) is 91.0 cm³/mol. The molecule has 2 N–H and O–H groups in total. The normalized spacial score (nSPS) is 10.1. The van der Waals surface area contributed by atoms with E-state index >= 15 is 0 Å². The lowest BCUT2D eigenvalue weighted by molar-refractivity contribution is -0.384. The van der Waals surface area contributed by atoms with Crippen LogP contribution in [-0.2, 0) is 9.59 Å². The zero-order chi connectivity index (χ0) is 17.9. The van der Waals surface area contributed by atoms with E-state index < -0.39 is 16.7 Å². The second-order valence-electron chi connectivity index (χ2n) is 5.49. The molecule has 0 saturated carbocycles. The van der Waals surface area contributed by atoms with Crippen LogP contribution in [0.4, 0.5) is 17.1 Å². The van der Waals surface area contributed by atoms with Gasteiger partial charge in [0.1, 0.15) is 0 Å². The van der Waals surface area contributed by atoms with Crippen LogP contribution < -0.4 is 10.6 Å². The molecule has 2 aromatic rings. The predicted octanol–water partition coefficient (Wildman–Crippen LogP) is 3.10. The molecule has 0 saturated heterocycles. The van der Waals surface area contributed by atoms with Crippen molar-refractivity contribution in [3.05, 3.63) is 63.2 Å². The summed E-state index contributed by atoms with van der Waals surface area (Å²) in [5.41, 5.74) is 3.36. The first-order valence-corrected chi connectivity index (χ1v) is 7.22. The van der Waals surface area contributed by atoms with Crippen LogP contribution in [0.2, 0.25) is 0 Å². The third-order valence-corrected chi connectivity index (χ3v) is 3.44. The van der Waals surface area contributed by atoms with Crippen molar-refractivity contribution in [2.75, 3.05) is 10.6 Å². The lowest BCUT2D eigenvalue weighted by Crippen LogP contribution is -2.29. The van der Waals surface area contributed by atoms with Crippen molar-refractivity contribution in [1.82, 2.24) is 0 Å². The molecule has 0 bridgehead atoms. The van der Waals surface area contributed by atoms with Gasteiger partial charge in [0.2, 0.25) is 0 Å². The Morgan fingerprint density at radius 2 is 1.54 bits per heavy atom. The molecule has 0 aliphatic heterocycles. The molecular formula is C17H17N3O4. The van der Waals surface area contributed by atoms with Gasteiger partial charge in [-0.15, -0.1) is 0 Å². The maximum Gasteiger partial charge on any atom is 0.314 e. The number of amides is 2. The van der Waals surface area contributed by atoms with Gasteiger partial charge in [-0.05, 0) is 38.0 Å².